The number of carbonyl (C=O) groups is 2. The third-order valence-corrected chi connectivity index (χ3v) is 4.46. The molecule has 0 saturated heterocycles. The lowest BCUT2D eigenvalue weighted by atomic mass is 9.96. The number of imidazole rings is 1. The first kappa shape index (κ1) is 17.3. The molecule has 0 saturated carbocycles. The number of nitrogens with one attached hydrogen (secondary N) is 2. The van der Waals surface area contributed by atoms with Gasteiger partial charge in [0.05, 0.1) is 25.6 Å². The van der Waals surface area contributed by atoms with Gasteiger partial charge in [0.25, 0.3) is 0 Å². The van der Waals surface area contributed by atoms with Gasteiger partial charge in [0.2, 0.25) is 0 Å². The van der Waals surface area contributed by atoms with E-state index in [1.54, 1.807) is 23.4 Å². The van der Waals surface area contributed by atoms with Crippen molar-refractivity contribution < 1.29 is 14.3 Å². The summed E-state index contributed by atoms with van der Waals surface area (Å²) in [5.41, 5.74) is 2.79. The molecule has 0 aliphatic carbocycles. The van der Waals surface area contributed by atoms with Gasteiger partial charge in [0.15, 0.2) is 0 Å². The van der Waals surface area contributed by atoms with E-state index in [0.717, 1.165) is 17.0 Å². The minimum absolute atomic E-state index is 0.134. The number of hydrogen-bond donors (Lipinski definition) is 2. The number of H-pyrrole nitrogens is 1. The van der Waals surface area contributed by atoms with Crippen LogP contribution in [-0.2, 0) is 16.0 Å². The van der Waals surface area contributed by atoms with E-state index in [-0.39, 0.29) is 31.0 Å². The minimum Gasteiger partial charge on any atom is -0.469 e. The van der Waals surface area contributed by atoms with Crippen LogP contribution in [0.15, 0.2) is 30.6 Å². The Labute approximate surface area is 150 Å². The van der Waals surface area contributed by atoms with Crippen LogP contribution in [0.2, 0.25) is 5.02 Å². The molecule has 1 aliphatic heterocycles. The molecular weight excluding hydrogens is 344 g/mol. The molecule has 3 rings (SSSR count). The summed E-state index contributed by atoms with van der Waals surface area (Å²) in [5, 5.41) is 3.41. The van der Waals surface area contributed by atoms with Crippen molar-refractivity contribution in [3.63, 3.8) is 0 Å². The number of carbonyl (C=O) groups excluding carboxylic acids is 2. The zero-order valence-corrected chi connectivity index (χ0v) is 14.5. The van der Waals surface area contributed by atoms with Gasteiger partial charge < -0.3 is 19.9 Å². The lowest BCUT2D eigenvalue weighted by molar-refractivity contribution is -0.140. The van der Waals surface area contributed by atoms with Crippen molar-refractivity contribution in [2.24, 2.45) is 0 Å². The second-order valence-electron chi connectivity index (χ2n) is 5.72. The summed E-state index contributed by atoms with van der Waals surface area (Å²) in [4.78, 5) is 33.1. The fourth-order valence-corrected chi connectivity index (χ4v) is 3.08. The van der Waals surface area contributed by atoms with E-state index in [4.69, 9.17) is 11.6 Å². The highest BCUT2D eigenvalue weighted by Crippen LogP contribution is 2.33. The molecule has 132 valence electrons. The second-order valence-corrected chi connectivity index (χ2v) is 6.16. The van der Waals surface area contributed by atoms with Crippen LogP contribution in [-0.4, -0.2) is 47.1 Å². The Hall–Kier alpha value is -2.54. The third kappa shape index (κ3) is 3.76. The Morgan fingerprint density at radius 3 is 2.88 bits per heavy atom. The molecule has 1 aromatic carbocycles. The van der Waals surface area contributed by atoms with Crippen LogP contribution < -0.4 is 5.32 Å². The average molecular weight is 363 g/mol. The summed E-state index contributed by atoms with van der Waals surface area (Å²) in [7, 11) is 1.32. The molecule has 1 aromatic heterocycles. The number of urea groups is 1. The average Bonchev–Trinajstić information content (AvgIpc) is 3.10. The lowest BCUT2D eigenvalue weighted by Crippen LogP contribution is -2.46. The fraction of sp³-hybridized carbons (Fsp3) is 0.353. The number of fused-ring (bicyclic) bond motifs is 1. The summed E-state index contributed by atoms with van der Waals surface area (Å²) >= 11 is 5.98. The maximum absolute atomic E-state index is 12.6. The Bertz CT molecular complexity index is 760. The number of rotatable bonds is 4. The molecule has 1 aliphatic rings. The van der Waals surface area contributed by atoms with Crippen molar-refractivity contribution in [2.75, 3.05) is 20.2 Å². The molecule has 2 N–H and O–H groups in total. The topological polar surface area (TPSA) is 87.3 Å². The summed E-state index contributed by atoms with van der Waals surface area (Å²) in [5.74, 6) is -0.359. The summed E-state index contributed by atoms with van der Waals surface area (Å²) in [6, 6.07) is 6.84. The largest absolute Gasteiger partial charge is 0.469 e. The number of esters is 1. The van der Waals surface area contributed by atoms with Crippen molar-refractivity contribution in [1.82, 2.24) is 20.2 Å². The SMILES string of the molecule is COC(=O)CCNC(=O)N1CCc2[nH]cnc2C1c1ccc(Cl)cc1. The van der Waals surface area contributed by atoms with Crippen molar-refractivity contribution in [3.05, 3.63) is 52.6 Å². The summed E-state index contributed by atoms with van der Waals surface area (Å²) < 4.78 is 4.58. The Balaban J connectivity index is 1.81. The molecule has 0 spiro atoms. The van der Waals surface area contributed by atoms with E-state index in [9.17, 15) is 9.59 Å². The number of halogens is 1. The molecule has 2 amide bonds. The van der Waals surface area contributed by atoms with Crippen LogP contribution in [0.5, 0.6) is 0 Å². The highest BCUT2D eigenvalue weighted by molar-refractivity contribution is 6.30. The molecular formula is C17H19ClN4O3. The highest BCUT2D eigenvalue weighted by Gasteiger charge is 2.33. The van der Waals surface area contributed by atoms with Crippen LogP contribution in [0.4, 0.5) is 4.79 Å². The molecule has 0 radical (unpaired) electrons. The van der Waals surface area contributed by atoms with Crippen molar-refractivity contribution in [3.8, 4) is 0 Å². The van der Waals surface area contributed by atoms with Crippen LogP contribution in [0, 0.1) is 0 Å². The number of aromatic nitrogens is 2. The fourth-order valence-electron chi connectivity index (χ4n) is 2.95. The molecule has 25 heavy (non-hydrogen) atoms. The maximum Gasteiger partial charge on any atom is 0.318 e. The van der Waals surface area contributed by atoms with Gasteiger partial charge in [-0.15, -0.1) is 0 Å². The van der Waals surface area contributed by atoms with Crippen LogP contribution >= 0.6 is 11.6 Å². The van der Waals surface area contributed by atoms with Gasteiger partial charge in [0, 0.05) is 30.2 Å². The van der Waals surface area contributed by atoms with Gasteiger partial charge in [-0.1, -0.05) is 23.7 Å². The lowest BCUT2D eigenvalue weighted by Gasteiger charge is -2.35. The van der Waals surface area contributed by atoms with E-state index in [1.807, 2.05) is 12.1 Å². The van der Waals surface area contributed by atoms with E-state index in [0.29, 0.717) is 18.0 Å². The first-order valence-electron chi connectivity index (χ1n) is 7.99. The number of aromatic amines is 1. The predicted molar refractivity (Wildman–Crippen MR) is 92.3 cm³/mol. The third-order valence-electron chi connectivity index (χ3n) is 4.20. The van der Waals surface area contributed by atoms with E-state index in [1.165, 1.54) is 7.11 Å². The number of nitrogens with zero attached hydrogens (tertiary/aromatic N) is 2. The molecule has 7 nitrogen and oxygen atoms in total. The second kappa shape index (κ2) is 7.57. The zero-order chi connectivity index (χ0) is 17.8. The monoisotopic (exact) mass is 362 g/mol. The van der Waals surface area contributed by atoms with Gasteiger partial charge in [-0.25, -0.2) is 9.78 Å². The standard InChI is InChI=1S/C17H19ClN4O3/c1-25-14(23)6-8-19-17(24)22-9-7-13-15(21-10-20-13)16(22)11-2-4-12(18)5-3-11/h2-5,10,16H,6-9H2,1H3,(H,19,24)(H,20,21). The predicted octanol–water partition coefficient (Wildman–Crippen LogP) is 2.28. The Kier molecular flexibility index (Phi) is 5.23. The maximum atomic E-state index is 12.6. The number of methoxy groups -OCH3 is 1. The quantitative estimate of drug-likeness (QED) is 0.817. The molecule has 0 fully saturated rings. The Morgan fingerprint density at radius 1 is 1.40 bits per heavy atom. The van der Waals surface area contributed by atoms with Gasteiger partial charge in [-0.3, -0.25) is 4.79 Å². The number of amides is 2. The Morgan fingerprint density at radius 2 is 2.16 bits per heavy atom. The van der Waals surface area contributed by atoms with Gasteiger partial charge in [-0.2, -0.15) is 0 Å². The first-order valence-corrected chi connectivity index (χ1v) is 8.37. The molecule has 2 heterocycles. The first-order chi connectivity index (χ1) is 12.1. The molecule has 1 unspecified atom stereocenters. The highest BCUT2D eigenvalue weighted by atomic mass is 35.5. The van der Waals surface area contributed by atoms with E-state index in [2.05, 4.69) is 20.0 Å². The van der Waals surface area contributed by atoms with Crippen molar-refractivity contribution in [1.29, 1.82) is 0 Å². The molecule has 2 aromatic rings. The smallest absolute Gasteiger partial charge is 0.318 e. The summed E-state index contributed by atoms with van der Waals surface area (Å²) in [6.07, 6.45) is 2.48. The number of ether oxygens (including phenoxy) is 1. The molecule has 1 atom stereocenters. The van der Waals surface area contributed by atoms with Crippen molar-refractivity contribution >= 4 is 23.6 Å². The zero-order valence-electron chi connectivity index (χ0n) is 13.8. The number of hydrogen-bond acceptors (Lipinski definition) is 4. The van der Waals surface area contributed by atoms with Crippen LogP contribution in [0.3, 0.4) is 0 Å². The summed E-state index contributed by atoms with van der Waals surface area (Å²) in [6.45, 7) is 0.773. The number of benzene rings is 1. The van der Waals surface area contributed by atoms with Crippen molar-refractivity contribution in [2.45, 2.75) is 18.9 Å². The molecule has 8 heteroatoms. The normalized spacial score (nSPS) is 16.2. The minimum atomic E-state index is -0.359. The van der Waals surface area contributed by atoms with Gasteiger partial charge in [0.1, 0.15) is 6.04 Å². The van der Waals surface area contributed by atoms with Gasteiger partial charge in [-0.05, 0) is 17.7 Å². The van der Waals surface area contributed by atoms with Gasteiger partial charge >= 0.3 is 12.0 Å². The van der Waals surface area contributed by atoms with E-state index < -0.39 is 0 Å². The van der Waals surface area contributed by atoms with Crippen LogP contribution in [0.25, 0.3) is 0 Å². The molecule has 0 bridgehead atoms. The van der Waals surface area contributed by atoms with E-state index >= 15 is 0 Å². The van der Waals surface area contributed by atoms with Crippen LogP contribution in [0.1, 0.15) is 29.4 Å².